The van der Waals surface area contributed by atoms with Gasteiger partial charge >= 0.3 is 6.09 Å². The van der Waals surface area contributed by atoms with E-state index in [4.69, 9.17) is 10.5 Å². The minimum absolute atomic E-state index is 0.0217. The summed E-state index contributed by atoms with van der Waals surface area (Å²) in [5.41, 5.74) is 8.00. The van der Waals surface area contributed by atoms with E-state index < -0.39 is 17.7 Å². The van der Waals surface area contributed by atoms with Crippen LogP contribution in [0.15, 0.2) is 36.4 Å². The molecule has 1 unspecified atom stereocenters. The minimum Gasteiger partial charge on any atom is -0.407 e. The molecule has 1 aliphatic carbocycles. The number of nitrogens with one attached hydrogen (secondary N) is 1. The Labute approximate surface area is 191 Å². The van der Waals surface area contributed by atoms with Crippen molar-refractivity contribution in [1.82, 2.24) is 5.32 Å². The number of ether oxygens (including phenoxy) is 1. The standard InChI is InChI=1S/C24H28F2N4O3/c1-14-13-29(24(32)33-23-8-4-18(25)10-20(23)26)22-9-16(3-7-21(22)30(14)15(2)31)17(11-27)12-28-19-5-6-19/h3-4,7-10,14,17,19,28H,5-6,11-13,27H2,1-2H3/t14-,17?/m0/s1. The normalized spacial score (nSPS) is 18.6. The van der Waals surface area contributed by atoms with Gasteiger partial charge in [0.1, 0.15) is 5.82 Å². The second-order valence-electron chi connectivity index (χ2n) is 8.65. The summed E-state index contributed by atoms with van der Waals surface area (Å²) >= 11 is 0. The molecule has 2 aromatic carbocycles. The van der Waals surface area contributed by atoms with E-state index >= 15 is 0 Å². The molecule has 1 heterocycles. The summed E-state index contributed by atoms with van der Waals surface area (Å²) in [6.07, 6.45) is 1.51. The van der Waals surface area contributed by atoms with E-state index in [0.717, 1.165) is 30.5 Å². The van der Waals surface area contributed by atoms with E-state index in [0.29, 0.717) is 36.6 Å². The summed E-state index contributed by atoms with van der Waals surface area (Å²) in [5, 5.41) is 3.48. The van der Waals surface area contributed by atoms with Gasteiger partial charge in [0.05, 0.1) is 17.4 Å². The number of benzene rings is 2. The fraction of sp³-hybridized carbons (Fsp3) is 0.417. The number of carbonyl (C=O) groups excluding carboxylic acids is 2. The molecule has 0 aromatic heterocycles. The number of hydrogen-bond acceptors (Lipinski definition) is 5. The molecule has 4 rings (SSSR count). The zero-order valence-corrected chi connectivity index (χ0v) is 18.7. The third-order valence-corrected chi connectivity index (χ3v) is 6.07. The molecule has 1 aliphatic heterocycles. The van der Waals surface area contributed by atoms with E-state index in [1.54, 1.807) is 11.0 Å². The van der Waals surface area contributed by atoms with E-state index in [1.807, 2.05) is 19.1 Å². The molecule has 1 saturated carbocycles. The van der Waals surface area contributed by atoms with Gasteiger partial charge < -0.3 is 20.7 Å². The van der Waals surface area contributed by atoms with Crippen molar-refractivity contribution in [3.05, 3.63) is 53.6 Å². The summed E-state index contributed by atoms with van der Waals surface area (Å²) in [6, 6.07) is 8.52. The van der Waals surface area contributed by atoms with E-state index in [2.05, 4.69) is 5.32 Å². The van der Waals surface area contributed by atoms with Crippen LogP contribution in [0.3, 0.4) is 0 Å². The van der Waals surface area contributed by atoms with Crippen LogP contribution in [0.25, 0.3) is 0 Å². The third-order valence-electron chi connectivity index (χ3n) is 6.07. The SMILES string of the molecule is CC(=O)N1c2ccc(C(CN)CNC3CC3)cc2N(C(=O)Oc2ccc(F)cc2F)C[C@@H]1C. The van der Waals surface area contributed by atoms with Crippen LogP contribution < -0.4 is 25.6 Å². The van der Waals surface area contributed by atoms with Crippen molar-refractivity contribution < 1.29 is 23.1 Å². The Bertz CT molecular complexity index is 1060. The average Bonchev–Trinajstić information content (AvgIpc) is 3.59. The van der Waals surface area contributed by atoms with Crippen molar-refractivity contribution in [2.24, 2.45) is 5.73 Å². The lowest BCUT2D eigenvalue weighted by Gasteiger charge is -2.40. The van der Waals surface area contributed by atoms with Crippen molar-refractivity contribution in [2.75, 3.05) is 29.4 Å². The maximum Gasteiger partial charge on any atom is 0.419 e. The summed E-state index contributed by atoms with van der Waals surface area (Å²) in [6.45, 7) is 4.57. The Kier molecular flexibility index (Phi) is 6.62. The monoisotopic (exact) mass is 458 g/mol. The first-order chi connectivity index (χ1) is 15.8. The predicted octanol–water partition coefficient (Wildman–Crippen LogP) is 3.52. The first kappa shape index (κ1) is 23.1. The molecule has 9 heteroatoms. The van der Waals surface area contributed by atoms with Crippen molar-refractivity contribution in [1.29, 1.82) is 0 Å². The number of amides is 2. The molecule has 2 amide bonds. The Morgan fingerprint density at radius 3 is 2.58 bits per heavy atom. The molecule has 0 radical (unpaired) electrons. The first-order valence-corrected chi connectivity index (χ1v) is 11.1. The van der Waals surface area contributed by atoms with Crippen molar-refractivity contribution in [3.8, 4) is 5.75 Å². The maximum absolute atomic E-state index is 14.1. The van der Waals surface area contributed by atoms with E-state index in [1.165, 1.54) is 11.8 Å². The highest BCUT2D eigenvalue weighted by Crippen LogP contribution is 2.38. The van der Waals surface area contributed by atoms with E-state index in [9.17, 15) is 18.4 Å². The summed E-state index contributed by atoms with van der Waals surface area (Å²) in [5.74, 6) is -2.23. The Balaban J connectivity index is 1.67. The zero-order chi connectivity index (χ0) is 23.7. The van der Waals surface area contributed by atoms with Gasteiger partial charge in [-0.2, -0.15) is 0 Å². The molecule has 2 aromatic rings. The molecule has 176 valence electrons. The van der Waals surface area contributed by atoms with Gasteiger partial charge in [-0.25, -0.2) is 13.6 Å². The lowest BCUT2D eigenvalue weighted by Crippen LogP contribution is -2.52. The molecule has 0 bridgehead atoms. The second kappa shape index (κ2) is 9.44. The molecule has 33 heavy (non-hydrogen) atoms. The number of nitrogens with zero attached hydrogens (tertiary/aromatic N) is 2. The minimum atomic E-state index is -0.970. The molecule has 7 nitrogen and oxygen atoms in total. The molecular formula is C24H28F2N4O3. The van der Waals surface area contributed by atoms with Gasteiger partial charge in [-0.05, 0) is 49.6 Å². The Hall–Kier alpha value is -3.04. The lowest BCUT2D eigenvalue weighted by molar-refractivity contribution is -0.117. The second-order valence-corrected chi connectivity index (χ2v) is 8.65. The number of carbonyl (C=O) groups is 2. The fourth-order valence-corrected chi connectivity index (χ4v) is 4.19. The van der Waals surface area contributed by atoms with Crippen LogP contribution in [0.5, 0.6) is 5.75 Å². The van der Waals surface area contributed by atoms with Gasteiger partial charge in [0.15, 0.2) is 11.6 Å². The van der Waals surface area contributed by atoms with Crippen LogP contribution >= 0.6 is 0 Å². The van der Waals surface area contributed by atoms with Crippen LogP contribution in [0.2, 0.25) is 0 Å². The number of anilines is 2. The zero-order valence-electron chi connectivity index (χ0n) is 18.7. The smallest absolute Gasteiger partial charge is 0.407 e. The highest BCUT2D eigenvalue weighted by molar-refractivity contribution is 6.02. The maximum atomic E-state index is 14.1. The molecule has 0 spiro atoms. The van der Waals surface area contributed by atoms with Gasteiger partial charge in [0.25, 0.3) is 0 Å². The number of nitrogens with two attached hydrogens (primary N) is 1. The van der Waals surface area contributed by atoms with Crippen LogP contribution in [0.4, 0.5) is 25.0 Å². The number of halogens is 2. The van der Waals surface area contributed by atoms with Gasteiger partial charge in [0.2, 0.25) is 5.91 Å². The lowest BCUT2D eigenvalue weighted by atomic mass is 9.96. The molecule has 0 saturated heterocycles. The van der Waals surface area contributed by atoms with Crippen molar-refractivity contribution in [2.45, 2.75) is 44.7 Å². The van der Waals surface area contributed by atoms with Gasteiger partial charge in [-0.3, -0.25) is 9.69 Å². The van der Waals surface area contributed by atoms with Gasteiger partial charge in [-0.15, -0.1) is 0 Å². The average molecular weight is 459 g/mol. The van der Waals surface area contributed by atoms with Gasteiger partial charge in [0, 0.05) is 44.6 Å². The predicted molar refractivity (Wildman–Crippen MR) is 122 cm³/mol. The topological polar surface area (TPSA) is 87.9 Å². The molecule has 3 N–H and O–H groups in total. The summed E-state index contributed by atoms with van der Waals surface area (Å²) in [7, 11) is 0. The van der Waals surface area contributed by atoms with Crippen LogP contribution in [0, 0.1) is 11.6 Å². The number of hydrogen-bond donors (Lipinski definition) is 2. The van der Waals surface area contributed by atoms with Crippen LogP contribution in [-0.2, 0) is 4.79 Å². The molecule has 2 atom stereocenters. The molecular weight excluding hydrogens is 430 g/mol. The van der Waals surface area contributed by atoms with Crippen LogP contribution in [-0.4, -0.2) is 43.7 Å². The first-order valence-electron chi connectivity index (χ1n) is 11.1. The highest BCUT2D eigenvalue weighted by Gasteiger charge is 2.35. The largest absolute Gasteiger partial charge is 0.419 e. The number of fused-ring (bicyclic) bond motifs is 1. The van der Waals surface area contributed by atoms with Crippen molar-refractivity contribution >= 4 is 23.4 Å². The number of rotatable bonds is 6. The third kappa shape index (κ3) is 4.99. The fourth-order valence-electron chi connectivity index (χ4n) is 4.19. The summed E-state index contributed by atoms with van der Waals surface area (Å²) in [4.78, 5) is 28.4. The van der Waals surface area contributed by atoms with Crippen LogP contribution in [0.1, 0.15) is 38.2 Å². The van der Waals surface area contributed by atoms with Gasteiger partial charge in [-0.1, -0.05) is 6.07 Å². The van der Waals surface area contributed by atoms with Crippen molar-refractivity contribution in [3.63, 3.8) is 0 Å². The van der Waals surface area contributed by atoms with E-state index in [-0.39, 0.29) is 30.2 Å². The summed E-state index contributed by atoms with van der Waals surface area (Å²) < 4.78 is 32.6. The quantitative estimate of drug-likeness (QED) is 0.692. The molecule has 1 fully saturated rings. The highest BCUT2D eigenvalue weighted by atomic mass is 19.1. The molecule has 2 aliphatic rings. The Morgan fingerprint density at radius 1 is 1.18 bits per heavy atom. The Morgan fingerprint density at radius 2 is 1.94 bits per heavy atom.